The van der Waals surface area contributed by atoms with Gasteiger partial charge in [-0.15, -0.1) is 0 Å². The van der Waals surface area contributed by atoms with Crippen molar-refractivity contribution in [2.75, 3.05) is 0 Å². The number of furan rings is 5. The molecule has 0 aliphatic rings. The molecule has 0 radical (unpaired) electrons. The Balaban J connectivity index is 1.11. The molecular formula is C56H28O5. The molecular weight excluding hydrogens is 753 g/mol. The van der Waals surface area contributed by atoms with Crippen molar-refractivity contribution in [3.05, 3.63) is 170 Å². The van der Waals surface area contributed by atoms with E-state index in [1.165, 1.54) is 0 Å². The fourth-order valence-corrected chi connectivity index (χ4v) is 10.3. The normalized spacial score (nSPS) is 12.6. The molecule has 0 amide bonds. The summed E-state index contributed by atoms with van der Waals surface area (Å²) in [5.41, 5.74) is 12.8. The summed E-state index contributed by atoms with van der Waals surface area (Å²) in [6, 6.07) is 59.5. The Labute approximate surface area is 344 Å². The Morgan fingerprint density at radius 3 is 0.934 bits per heavy atom. The quantitative estimate of drug-likeness (QED) is 0.175. The second kappa shape index (κ2) is 11.3. The third-order valence-corrected chi connectivity index (χ3v) is 13.0. The van der Waals surface area contributed by atoms with Gasteiger partial charge in [-0.05, 0) is 129 Å². The number of benzene rings is 10. The lowest BCUT2D eigenvalue weighted by atomic mass is 9.90. The van der Waals surface area contributed by atoms with Crippen LogP contribution in [-0.2, 0) is 0 Å². The van der Waals surface area contributed by atoms with Crippen molar-refractivity contribution < 1.29 is 22.1 Å². The smallest absolute Gasteiger partial charge is 0.136 e. The van der Waals surface area contributed by atoms with E-state index in [1.54, 1.807) is 0 Å². The highest BCUT2D eigenvalue weighted by atomic mass is 16.3. The zero-order valence-electron chi connectivity index (χ0n) is 32.2. The molecule has 15 rings (SSSR count). The minimum Gasteiger partial charge on any atom is -0.456 e. The van der Waals surface area contributed by atoms with Gasteiger partial charge in [0, 0.05) is 53.9 Å². The lowest BCUT2D eigenvalue weighted by Gasteiger charge is -2.11. The molecule has 0 N–H and O–H groups in total. The van der Waals surface area contributed by atoms with Crippen LogP contribution in [0.15, 0.2) is 192 Å². The highest BCUT2D eigenvalue weighted by molar-refractivity contribution is 6.33. The molecule has 0 aliphatic heterocycles. The molecule has 5 aromatic heterocycles. The Hall–Kier alpha value is -8.28. The van der Waals surface area contributed by atoms with Crippen LogP contribution < -0.4 is 0 Å². The van der Waals surface area contributed by atoms with Gasteiger partial charge in [-0.25, -0.2) is 0 Å². The number of para-hydroxylation sites is 4. The van der Waals surface area contributed by atoms with Crippen LogP contribution in [-0.4, -0.2) is 0 Å². The first kappa shape index (κ1) is 31.7. The zero-order chi connectivity index (χ0) is 39.5. The van der Waals surface area contributed by atoms with E-state index in [4.69, 9.17) is 22.1 Å². The van der Waals surface area contributed by atoms with Gasteiger partial charge in [0.25, 0.3) is 0 Å². The minimum atomic E-state index is 0.814. The Kier molecular flexibility index (Phi) is 5.85. The third-order valence-electron chi connectivity index (χ3n) is 13.0. The SMILES string of the molecule is c1ccc2c(c1)oc1ccc(-c3cc4oc5cc(-c6ccc7oc8ccccc8c7c6)c6cc7oc8ccccc8c7cc6c5c4c4cc5c(cc34)oc3ccccc35)cc12. The molecule has 0 atom stereocenters. The van der Waals surface area contributed by atoms with Crippen LogP contribution in [0.3, 0.4) is 0 Å². The maximum atomic E-state index is 7.16. The summed E-state index contributed by atoms with van der Waals surface area (Å²) in [7, 11) is 0. The number of fused-ring (bicyclic) bond motifs is 19. The molecule has 0 saturated carbocycles. The molecule has 0 fully saturated rings. The van der Waals surface area contributed by atoms with Crippen LogP contribution in [0.2, 0.25) is 0 Å². The predicted octanol–water partition coefficient (Wildman–Crippen LogP) is 16.8. The van der Waals surface area contributed by atoms with Gasteiger partial charge in [0.1, 0.15) is 55.8 Å². The molecule has 0 saturated heterocycles. The maximum Gasteiger partial charge on any atom is 0.136 e. The van der Waals surface area contributed by atoms with Crippen molar-refractivity contribution in [1.29, 1.82) is 0 Å². The highest BCUT2D eigenvalue weighted by Gasteiger charge is 2.23. The molecule has 0 unspecified atom stereocenters. The van der Waals surface area contributed by atoms with Gasteiger partial charge >= 0.3 is 0 Å². The lowest BCUT2D eigenvalue weighted by molar-refractivity contribution is 0.668. The Morgan fingerprint density at radius 1 is 0.197 bits per heavy atom. The predicted molar refractivity (Wildman–Crippen MR) is 249 cm³/mol. The number of rotatable bonds is 2. The monoisotopic (exact) mass is 780 g/mol. The van der Waals surface area contributed by atoms with Crippen molar-refractivity contribution in [2.45, 2.75) is 0 Å². The largest absolute Gasteiger partial charge is 0.456 e. The van der Waals surface area contributed by atoms with Crippen LogP contribution in [0.25, 0.3) is 153 Å². The van der Waals surface area contributed by atoms with Gasteiger partial charge < -0.3 is 22.1 Å². The first-order chi connectivity index (χ1) is 30.2. The molecule has 0 spiro atoms. The Morgan fingerprint density at radius 2 is 0.525 bits per heavy atom. The first-order valence-electron chi connectivity index (χ1n) is 20.5. The minimum absolute atomic E-state index is 0.814. The van der Waals surface area contributed by atoms with E-state index in [2.05, 4.69) is 121 Å². The van der Waals surface area contributed by atoms with Crippen molar-refractivity contribution in [3.63, 3.8) is 0 Å². The van der Waals surface area contributed by atoms with Gasteiger partial charge in [-0.2, -0.15) is 0 Å². The average Bonchev–Trinajstić information content (AvgIpc) is 4.12. The van der Waals surface area contributed by atoms with E-state index in [0.29, 0.717) is 0 Å². The second-order valence-electron chi connectivity index (χ2n) is 16.3. The molecule has 5 nitrogen and oxygen atoms in total. The van der Waals surface area contributed by atoms with E-state index in [9.17, 15) is 0 Å². The highest BCUT2D eigenvalue weighted by Crippen LogP contribution is 2.49. The first-order valence-corrected chi connectivity index (χ1v) is 20.5. The number of hydrogen-bond acceptors (Lipinski definition) is 5. The van der Waals surface area contributed by atoms with Crippen LogP contribution in [0, 0.1) is 0 Å². The summed E-state index contributed by atoms with van der Waals surface area (Å²) < 4.78 is 32.8. The summed E-state index contributed by atoms with van der Waals surface area (Å²) in [5.74, 6) is 0. The van der Waals surface area contributed by atoms with Crippen molar-refractivity contribution in [1.82, 2.24) is 0 Å². The molecule has 0 bridgehead atoms. The molecule has 10 aromatic carbocycles. The summed E-state index contributed by atoms with van der Waals surface area (Å²) in [5, 5.41) is 15.1. The molecule has 15 aromatic rings. The topological polar surface area (TPSA) is 65.7 Å². The summed E-state index contributed by atoms with van der Waals surface area (Å²) in [4.78, 5) is 0. The van der Waals surface area contributed by atoms with E-state index in [1.807, 2.05) is 48.5 Å². The fourth-order valence-electron chi connectivity index (χ4n) is 10.3. The lowest BCUT2D eigenvalue weighted by Crippen LogP contribution is -1.86. The molecule has 5 heteroatoms. The summed E-state index contributed by atoms with van der Waals surface area (Å²) >= 11 is 0. The standard InChI is InChI=1S/C56H28O5/c1-5-13-45-31(9-1)39-21-29(17-19-49(39)57-45)35-25-53-55(43-23-41-33-11-3-7-15-47(33)59-51(41)27-37(35)43)56-44-24-42-34-12-4-8-16-48(34)60-52(42)28-38(44)36(26-54(56)61-53)30-18-20-50-40(22-30)32-10-2-6-14-46(32)58-50/h1-28H. The van der Waals surface area contributed by atoms with E-state index in [0.717, 1.165) is 153 Å². The molecule has 282 valence electrons. The third kappa shape index (κ3) is 4.24. The van der Waals surface area contributed by atoms with Crippen LogP contribution in [0.1, 0.15) is 0 Å². The van der Waals surface area contributed by atoms with Crippen molar-refractivity contribution in [2.24, 2.45) is 0 Å². The van der Waals surface area contributed by atoms with Gasteiger partial charge in [0.05, 0.1) is 0 Å². The van der Waals surface area contributed by atoms with Gasteiger partial charge in [0.15, 0.2) is 0 Å². The van der Waals surface area contributed by atoms with Gasteiger partial charge in [0.2, 0.25) is 0 Å². The maximum absolute atomic E-state index is 7.16. The summed E-state index contributed by atoms with van der Waals surface area (Å²) in [6.07, 6.45) is 0. The average molecular weight is 781 g/mol. The van der Waals surface area contributed by atoms with Crippen LogP contribution in [0.4, 0.5) is 0 Å². The van der Waals surface area contributed by atoms with E-state index in [-0.39, 0.29) is 0 Å². The Bertz CT molecular complexity index is 4130. The molecule has 61 heavy (non-hydrogen) atoms. The zero-order valence-corrected chi connectivity index (χ0v) is 32.2. The summed E-state index contributed by atoms with van der Waals surface area (Å²) in [6.45, 7) is 0. The van der Waals surface area contributed by atoms with E-state index < -0.39 is 0 Å². The van der Waals surface area contributed by atoms with Crippen molar-refractivity contribution >= 4 is 131 Å². The number of hydrogen-bond donors (Lipinski definition) is 0. The second-order valence-corrected chi connectivity index (χ2v) is 16.3. The fraction of sp³-hybridized carbons (Fsp3) is 0. The van der Waals surface area contributed by atoms with Crippen LogP contribution in [0.5, 0.6) is 0 Å². The van der Waals surface area contributed by atoms with Gasteiger partial charge in [-0.1, -0.05) is 84.9 Å². The van der Waals surface area contributed by atoms with Crippen LogP contribution >= 0.6 is 0 Å². The molecule has 5 heterocycles. The van der Waals surface area contributed by atoms with E-state index >= 15 is 0 Å². The van der Waals surface area contributed by atoms with Crippen molar-refractivity contribution in [3.8, 4) is 22.3 Å². The van der Waals surface area contributed by atoms with Gasteiger partial charge in [-0.3, -0.25) is 0 Å². The molecule has 0 aliphatic carbocycles.